The van der Waals surface area contributed by atoms with E-state index in [1.165, 1.54) is 0 Å². The average Bonchev–Trinajstić information content (AvgIpc) is 3.32. The van der Waals surface area contributed by atoms with Crippen molar-refractivity contribution in [2.75, 3.05) is 0 Å². The molecule has 132 valence electrons. The van der Waals surface area contributed by atoms with E-state index in [1.54, 1.807) is 24.3 Å². The molecule has 0 radical (unpaired) electrons. The summed E-state index contributed by atoms with van der Waals surface area (Å²) in [5.41, 5.74) is -2.64. The Kier molecular flexibility index (Phi) is 3.23. The lowest BCUT2D eigenvalue weighted by Gasteiger charge is -2.30. The molecule has 0 heterocycles. The monoisotopic (exact) mass is 346 g/mol. The largest absolute Gasteiger partial charge is 0.481 e. The van der Waals surface area contributed by atoms with E-state index in [2.05, 4.69) is 0 Å². The second kappa shape index (κ2) is 5.03. The Morgan fingerprint density at radius 1 is 0.800 bits per heavy atom. The first-order valence-electron chi connectivity index (χ1n) is 8.39. The van der Waals surface area contributed by atoms with Crippen molar-refractivity contribution in [2.45, 2.75) is 25.7 Å². The van der Waals surface area contributed by atoms with Gasteiger partial charge < -0.3 is 14.9 Å². The molecule has 0 aromatic carbocycles. The van der Waals surface area contributed by atoms with Crippen LogP contribution in [0.3, 0.4) is 0 Å². The summed E-state index contributed by atoms with van der Waals surface area (Å²) >= 11 is 0. The number of carbonyl (C=O) groups excluding carboxylic acids is 2. The Morgan fingerprint density at radius 3 is 1.52 bits per heavy atom. The molecule has 2 saturated carbocycles. The molecule has 0 aromatic rings. The molecule has 4 bridgehead atoms. The first-order valence-corrected chi connectivity index (χ1v) is 8.39. The molecule has 2 N–H and O–H groups in total. The van der Waals surface area contributed by atoms with Crippen LogP contribution in [-0.2, 0) is 23.9 Å². The first kappa shape index (κ1) is 16.1. The Morgan fingerprint density at radius 2 is 1.20 bits per heavy atom. The van der Waals surface area contributed by atoms with Crippen LogP contribution in [0.2, 0.25) is 0 Å². The zero-order chi connectivity index (χ0) is 18.0. The van der Waals surface area contributed by atoms with Gasteiger partial charge in [-0.3, -0.25) is 19.2 Å². The van der Waals surface area contributed by atoms with E-state index in [0.29, 0.717) is 25.7 Å². The lowest BCUT2D eigenvalue weighted by atomic mass is 9.76. The van der Waals surface area contributed by atoms with Gasteiger partial charge in [0.1, 0.15) is 10.8 Å². The van der Waals surface area contributed by atoms with Crippen LogP contribution in [0.25, 0.3) is 0 Å². The number of esters is 2. The maximum Gasteiger partial charge on any atom is 0.324 e. The maximum atomic E-state index is 12.7. The number of rotatable bonds is 4. The number of aliphatic carboxylic acids is 2. The zero-order valence-electron chi connectivity index (χ0n) is 13.4. The van der Waals surface area contributed by atoms with E-state index in [-0.39, 0.29) is 11.8 Å². The highest BCUT2D eigenvalue weighted by molar-refractivity contribution is 5.98. The summed E-state index contributed by atoms with van der Waals surface area (Å²) in [4.78, 5) is 48.4. The van der Waals surface area contributed by atoms with Crippen molar-refractivity contribution in [3.8, 4) is 0 Å². The molecule has 0 aliphatic heterocycles. The molecule has 25 heavy (non-hydrogen) atoms. The van der Waals surface area contributed by atoms with Crippen molar-refractivity contribution < 1.29 is 34.1 Å². The Bertz CT molecular complexity index is 689. The highest BCUT2D eigenvalue weighted by atomic mass is 16.6. The average molecular weight is 346 g/mol. The quantitative estimate of drug-likeness (QED) is 0.448. The van der Waals surface area contributed by atoms with Crippen molar-refractivity contribution in [2.24, 2.45) is 34.5 Å². The molecule has 2 fully saturated rings. The molecular weight excluding hydrogens is 328 g/mol. The molecule has 4 aliphatic carbocycles. The van der Waals surface area contributed by atoms with E-state index in [0.717, 1.165) is 0 Å². The van der Waals surface area contributed by atoms with E-state index in [1.807, 2.05) is 0 Å². The van der Waals surface area contributed by atoms with Gasteiger partial charge in [0, 0.05) is 0 Å². The van der Waals surface area contributed by atoms with Gasteiger partial charge in [0.25, 0.3) is 0 Å². The van der Waals surface area contributed by atoms with Gasteiger partial charge in [-0.05, 0) is 37.5 Å². The molecule has 6 atom stereocenters. The summed E-state index contributed by atoms with van der Waals surface area (Å²) in [7, 11) is 0. The molecule has 4 aliphatic rings. The molecular formula is C18H18O7. The van der Waals surface area contributed by atoms with Crippen LogP contribution in [0, 0.1) is 34.5 Å². The molecule has 7 nitrogen and oxygen atoms in total. The van der Waals surface area contributed by atoms with Crippen LogP contribution < -0.4 is 0 Å². The number of hydrogen-bond donors (Lipinski definition) is 2. The van der Waals surface area contributed by atoms with Crippen molar-refractivity contribution in [3.05, 3.63) is 24.3 Å². The van der Waals surface area contributed by atoms with E-state index < -0.39 is 46.5 Å². The second-order valence-electron chi connectivity index (χ2n) is 7.66. The predicted molar refractivity (Wildman–Crippen MR) is 81.9 cm³/mol. The van der Waals surface area contributed by atoms with Crippen LogP contribution in [0.4, 0.5) is 0 Å². The zero-order valence-corrected chi connectivity index (χ0v) is 13.4. The van der Waals surface area contributed by atoms with Crippen molar-refractivity contribution >= 4 is 23.9 Å². The minimum Gasteiger partial charge on any atom is -0.481 e. The maximum absolute atomic E-state index is 12.7. The fraction of sp³-hybridized carbons (Fsp3) is 0.556. The summed E-state index contributed by atoms with van der Waals surface area (Å²) < 4.78 is 5.11. The topological polar surface area (TPSA) is 118 Å². The number of hydrogen-bond acceptors (Lipinski definition) is 5. The van der Waals surface area contributed by atoms with Crippen LogP contribution in [0.15, 0.2) is 24.3 Å². The van der Waals surface area contributed by atoms with Gasteiger partial charge in [-0.2, -0.15) is 0 Å². The molecule has 0 spiro atoms. The third kappa shape index (κ3) is 2.04. The highest BCUT2D eigenvalue weighted by Gasteiger charge is 2.62. The lowest BCUT2D eigenvalue weighted by molar-refractivity contribution is -0.177. The highest BCUT2D eigenvalue weighted by Crippen LogP contribution is 2.56. The standard InChI is InChI=1S/C18H18O7/c19-13(20)11-5-9-1-3-17(11,7-9)15(23)25-16(24)18-4-2-10(8-18)6-12(18)14(21)22/h1-4,9-12H,5-8H2,(H,19,20)(H,21,22). The van der Waals surface area contributed by atoms with Crippen LogP contribution in [-0.4, -0.2) is 34.1 Å². The molecule has 0 saturated heterocycles. The fourth-order valence-corrected chi connectivity index (χ4v) is 5.13. The van der Waals surface area contributed by atoms with E-state index >= 15 is 0 Å². The fourth-order valence-electron chi connectivity index (χ4n) is 5.13. The summed E-state index contributed by atoms with van der Waals surface area (Å²) in [5.74, 6) is -5.74. The first-order chi connectivity index (χ1) is 11.8. The number of ether oxygens (including phenoxy) is 1. The van der Waals surface area contributed by atoms with Gasteiger partial charge in [-0.25, -0.2) is 0 Å². The van der Waals surface area contributed by atoms with Gasteiger partial charge in [-0.1, -0.05) is 24.3 Å². The third-order valence-electron chi connectivity index (χ3n) is 6.39. The number of fused-ring (bicyclic) bond motifs is 4. The predicted octanol–water partition coefficient (Wildman–Crippen LogP) is 1.39. The second-order valence-corrected chi connectivity index (χ2v) is 7.66. The van der Waals surface area contributed by atoms with Crippen LogP contribution in [0.5, 0.6) is 0 Å². The number of carboxylic acids is 2. The molecule has 7 heteroatoms. The smallest absolute Gasteiger partial charge is 0.324 e. The molecule has 4 rings (SSSR count). The molecule has 6 unspecified atom stereocenters. The summed E-state index contributed by atoms with van der Waals surface area (Å²) in [6, 6.07) is 0. The van der Waals surface area contributed by atoms with Crippen molar-refractivity contribution in [1.29, 1.82) is 0 Å². The van der Waals surface area contributed by atoms with Crippen molar-refractivity contribution in [1.82, 2.24) is 0 Å². The number of carboxylic acid groups (broad SMARTS) is 2. The van der Waals surface area contributed by atoms with Gasteiger partial charge in [-0.15, -0.1) is 0 Å². The summed E-state index contributed by atoms with van der Waals surface area (Å²) in [6.07, 6.45) is 8.02. The van der Waals surface area contributed by atoms with Crippen LogP contribution in [0.1, 0.15) is 25.7 Å². The van der Waals surface area contributed by atoms with Gasteiger partial charge in [0.15, 0.2) is 0 Å². The Labute approximate surface area is 143 Å². The lowest BCUT2D eigenvalue weighted by Crippen LogP contribution is -2.44. The van der Waals surface area contributed by atoms with Crippen LogP contribution >= 0.6 is 0 Å². The van der Waals surface area contributed by atoms with Gasteiger partial charge >= 0.3 is 23.9 Å². The van der Waals surface area contributed by atoms with E-state index in [4.69, 9.17) is 4.74 Å². The molecule has 0 aromatic heterocycles. The summed E-state index contributed by atoms with van der Waals surface area (Å²) in [5, 5.41) is 18.8. The SMILES string of the molecule is O=C(O)C1CC2C=CC1(C(=O)OC(=O)C13C=CC(CC1C(=O)O)C3)C2. The molecule has 0 amide bonds. The van der Waals surface area contributed by atoms with Gasteiger partial charge in [0.05, 0.1) is 11.8 Å². The minimum atomic E-state index is -1.32. The third-order valence-corrected chi connectivity index (χ3v) is 6.39. The van der Waals surface area contributed by atoms with E-state index in [9.17, 15) is 29.4 Å². The Hall–Kier alpha value is -2.44. The number of allylic oxidation sites excluding steroid dienone is 2. The van der Waals surface area contributed by atoms with Crippen molar-refractivity contribution in [3.63, 3.8) is 0 Å². The Balaban J connectivity index is 1.58. The summed E-state index contributed by atoms with van der Waals surface area (Å²) in [6.45, 7) is 0. The minimum absolute atomic E-state index is 0.00378. The van der Waals surface area contributed by atoms with Gasteiger partial charge in [0.2, 0.25) is 0 Å². The number of carbonyl (C=O) groups is 4. The normalized spacial score (nSPS) is 42.7.